The standard InChI is InChI=1S/C13H17ClN2O3/c1-2-3-9(13(18)19)7-16-12(17)8-4-5-10(14)11(15)6-8/h4-6,9H,2-3,7,15H2,1H3,(H,16,17)(H,18,19). The van der Waals surface area contributed by atoms with Crippen LogP contribution in [0.4, 0.5) is 5.69 Å². The number of anilines is 1. The van der Waals surface area contributed by atoms with Crippen molar-refractivity contribution in [1.29, 1.82) is 0 Å². The molecule has 0 saturated heterocycles. The van der Waals surface area contributed by atoms with Crippen molar-refractivity contribution in [2.75, 3.05) is 12.3 Å². The van der Waals surface area contributed by atoms with Gasteiger partial charge in [-0.1, -0.05) is 24.9 Å². The normalized spacial score (nSPS) is 11.9. The fraction of sp³-hybridized carbons (Fsp3) is 0.385. The molecule has 0 heterocycles. The second-order valence-corrected chi connectivity index (χ2v) is 4.68. The molecule has 0 aliphatic heterocycles. The molecule has 1 atom stereocenters. The fourth-order valence-corrected chi connectivity index (χ4v) is 1.78. The van der Waals surface area contributed by atoms with Gasteiger partial charge in [-0.05, 0) is 24.6 Å². The average molecular weight is 285 g/mol. The Kier molecular flexibility index (Phi) is 5.63. The van der Waals surface area contributed by atoms with Gasteiger partial charge in [0, 0.05) is 12.1 Å². The molecule has 0 aliphatic carbocycles. The lowest BCUT2D eigenvalue weighted by atomic mass is 10.0. The predicted octanol–water partition coefficient (Wildman–Crippen LogP) is 2.15. The molecule has 0 spiro atoms. The smallest absolute Gasteiger partial charge is 0.308 e. The van der Waals surface area contributed by atoms with E-state index in [0.29, 0.717) is 22.7 Å². The lowest BCUT2D eigenvalue weighted by Crippen LogP contribution is -2.32. The van der Waals surface area contributed by atoms with Gasteiger partial charge >= 0.3 is 5.97 Å². The molecular formula is C13H17ClN2O3. The van der Waals surface area contributed by atoms with Crippen molar-refractivity contribution in [2.45, 2.75) is 19.8 Å². The van der Waals surface area contributed by atoms with E-state index in [4.69, 9.17) is 22.4 Å². The summed E-state index contributed by atoms with van der Waals surface area (Å²) < 4.78 is 0. The minimum Gasteiger partial charge on any atom is -0.481 e. The van der Waals surface area contributed by atoms with Crippen LogP contribution in [0.1, 0.15) is 30.1 Å². The van der Waals surface area contributed by atoms with Crippen LogP contribution in [0.3, 0.4) is 0 Å². The van der Waals surface area contributed by atoms with Gasteiger partial charge in [0.25, 0.3) is 5.91 Å². The second kappa shape index (κ2) is 6.99. The van der Waals surface area contributed by atoms with E-state index in [1.165, 1.54) is 12.1 Å². The summed E-state index contributed by atoms with van der Waals surface area (Å²) in [5.74, 6) is -1.83. The maximum absolute atomic E-state index is 11.8. The first-order chi connectivity index (χ1) is 8.95. The maximum atomic E-state index is 11.8. The molecule has 1 aromatic rings. The fourth-order valence-electron chi connectivity index (χ4n) is 1.66. The molecule has 1 unspecified atom stereocenters. The molecule has 0 bridgehead atoms. The van der Waals surface area contributed by atoms with Gasteiger partial charge in [0.1, 0.15) is 0 Å². The Balaban J connectivity index is 2.63. The van der Waals surface area contributed by atoms with Crippen LogP contribution in [0.5, 0.6) is 0 Å². The van der Waals surface area contributed by atoms with Gasteiger partial charge in [-0.25, -0.2) is 0 Å². The maximum Gasteiger partial charge on any atom is 0.308 e. The molecule has 5 nitrogen and oxygen atoms in total. The van der Waals surface area contributed by atoms with Crippen LogP contribution in [-0.4, -0.2) is 23.5 Å². The summed E-state index contributed by atoms with van der Waals surface area (Å²) in [5, 5.41) is 12.0. The van der Waals surface area contributed by atoms with E-state index in [1.54, 1.807) is 6.07 Å². The van der Waals surface area contributed by atoms with E-state index >= 15 is 0 Å². The van der Waals surface area contributed by atoms with Crippen LogP contribution >= 0.6 is 11.6 Å². The summed E-state index contributed by atoms with van der Waals surface area (Å²) in [7, 11) is 0. The number of carbonyl (C=O) groups excluding carboxylic acids is 1. The number of nitrogen functional groups attached to an aromatic ring is 1. The highest BCUT2D eigenvalue weighted by Crippen LogP contribution is 2.19. The Bertz CT molecular complexity index is 477. The highest BCUT2D eigenvalue weighted by molar-refractivity contribution is 6.33. The molecule has 6 heteroatoms. The number of carboxylic acid groups (broad SMARTS) is 1. The Morgan fingerprint density at radius 2 is 2.16 bits per heavy atom. The summed E-state index contributed by atoms with van der Waals surface area (Å²) in [6.07, 6.45) is 1.28. The summed E-state index contributed by atoms with van der Waals surface area (Å²) in [6.45, 7) is 2.00. The number of hydrogen-bond donors (Lipinski definition) is 3. The third-order valence-corrected chi connectivity index (χ3v) is 3.10. The number of aliphatic carboxylic acids is 1. The van der Waals surface area contributed by atoms with Crippen LogP contribution in [0, 0.1) is 5.92 Å². The van der Waals surface area contributed by atoms with E-state index in [-0.39, 0.29) is 12.5 Å². The van der Waals surface area contributed by atoms with Gasteiger partial charge in [0.05, 0.1) is 16.6 Å². The highest BCUT2D eigenvalue weighted by atomic mass is 35.5. The van der Waals surface area contributed by atoms with Crippen molar-refractivity contribution < 1.29 is 14.7 Å². The lowest BCUT2D eigenvalue weighted by molar-refractivity contribution is -0.141. The van der Waals surface area contributed by atoms with Crippen LogP contribution in [0.25, 0.3) is 0 Å². The van der Waals surface area contributed by atoms with Gasteiger partial charge in [-0.3, -0.25) is 9.59 Å². The molecule has 1 rings (SSSR count). The zero-order valence-corrected chi connectivity index (χ0v) is 11.4. The Hall–Kier alpha value is -1.75. The monoisotopic (exact) mass is 284 g/mol. The molecule has 1 amide bonds. The van der Waals surface area contributed by atoms with Crippen LogP contribution in [0.2, 0.25) is 5.02 Å². The van der Waals surface area contributed by atoms with Gasteiger partial charge in [0.2, 0.25) is 0 Å². The van der Waals surface area contributed by atoms with Crippen LogP contribution in [-0.2, 0) is 4.79 Å². The van der Waals surface area contributed by atoms with E-state index in [9.17, 15) is 9.59 Å². The quantitative estimate of drug-likeness (QED) is 0.698. The summed E-state index contributed by atoms with van der Waals surface area (Å²) >= 11 is 5.76. The topological polar surface area (TPSA) is 92.4 Å². The van der Waals surface area contributed by atoms with Gasteiger partial charge in [-0.15, -0.1) is 0 Å². The molecule has 1 aromatic carbocycles. The molecule has 0 saturated carbocycles. The Morgan fingerprint density at radius 3 is 2.68 bits per heavy atom. The van der Waals surface area contributed by atoms with E-state index in [2.05, 4.69) is 5.32 Å². The largest absolute Gasteiger partial charge is 0.481 e. The number of nitrogens with one attached hydrogen (secondary N) is 1. The van der Waals surface area contributed by atoms with Crippen molar-refractivity contribution >= 4 is 29.2 Å². The van der Waals surface area contributed by atoms with Gasteiger partial charge in [-0.2, -0.15) is 0 Å². The van der Waals surface area contributed by atoms with Crippen LogP contribution in [0.15, 0.2) is 18.2 Å². The third-order valence-electron chi connectivity index (χ3n) is 2.75. The SMILES string of the molecule is CCCC(CNC(=O)c1ccc(Cl)c(N)c1)C(=O)O. The molecule has 4 N–H and O–H groups in total. The van der Waals surface area contributed by atoms with E-state index < -0.39 is 11.9 Å². The minimum atomic E-state index is -0.905. The van der Waals surface area contributed by atoms with Gasteiger partial charge in [0.15, 0.2) is 0 Å². The number of carbonyl (C=O) groups is 2. The summed E-state index contributed by atoms with van der Waals surface area (Å²) in [4.78, 5) is 22.8. The number of halogens is 1. The number of carboxylic acids is 1. The molecule has 104 valence electrons. The number of nitrogens with two attached hydrogens (primary N) is 1. The van der Waals surface area contributed by atoms with Gasteiger partial charge < -0.3 is 16.2 Å². The number of amides is 1. The molecule has 0 radical (unpaired) electrons. The van der Waals surface area contributed by atoms with Crippen molar-refractivity contribution in [2.24, 2.45) is 5.92 Å². The Morgan fingerprint density at radius 1 is 1.47 bits per heavy atom. The van der Waals surface area contributed by atoms with Crippen molar-refractivity contribution in [3.05, 3.63) is 28.8 Å². The number of benzene rings is 1. The zero-order chi connectivity index (χ0) is 14.4. The van der Waals surface area contributed by atoms with E-state index in [0.717, 1.165) is 6.42 Å². The molecule has 0 aromatic heterocycles. The first kappa shape index (κ1) is 15.3. The van der Waals surface area contributed by atoms with Crippen molar-refractivity contribution in [3.63, 3.8) is 0 Å². The van der Waals surface area contributed by atoms with E-state index in [1.807, 2.05) is 6.92 Å². The number of hydrogen-bond acceptors (Lipinski definition) is 3. The molecule has 0 aliphatic rings. The van der Waals surface area contributed by atoms with Crippen LogP contribution < -0.4 is 11.1 Å². The highest BCUT2D eigenvalue weighted by Gasteiger charge is 2.17. The molecule has 19 heavy (non-hydrogen) atoms. The van der Waals surface area contributed by atoms with Crippen molar-refractivity contribution in [1.82, 2.24) is 5.32 Å². The summed E-state index contributed by atoms with van der Waals surface area (Å²) in [6, 6.07) is 4.55. The third kappa shape index (κ3) is 4.44. The first-order valence-corrected chi connectivity index (χ1v) is 6.39. The predicted molar refractivity (Wildman–Crippen MR) is 74.2 cm³/mol. The Labute approximate surface area is 116 Å². The molecule has 0 fully saturated rings. The second-order valence-electron chi connectivity index (χ2n) is 4.27. The lowest BCUT2D eigenvalue weighted by Gasteiger charge is -2.12. The molecular weight excluding hydrogens is 268 g/mol. The number of rotatable bonds is 6. The summed E-state index contributed by atoms with van der Waals surface area (Å²) in [5.41, 5.74) is 6.28. The first-order valence-electron chi connectivity index (χ1n) is 6.01. The van der Waals surface area contributed by atoms with Crippen molar-refractivity contribution in [3.8, 4) is 0 Å². The minimum absolute atomic E-state index is 0.102. The zero-order valence-electron chi connectivity index (χ0n) is 10.6. The average Bonchev–Trinajstić information content (AvgIpc) is 2.37.